The third-order valence-electron chi connectivity index (χ3n) is 5.20. The molecule has 0 amide bonds. The van der Waals surface area contributed by atoms with Gasteiger partial charge in [0.1, 0.15) is 0 Å². The summed E-state index contributed by atoms with van der Waals surface area (Å²) in [4.78, 5) is 0. The predicted octanol–water partition coefficient (Wildman–Crippen LogP) is 4.14. The number of hydrogen-bond donors (Lipinski definition) is 1. The number of rotatable bonds is 2. The molecule has 0 unspecified atom stereocenters. The van der Waals surface area contributed by atoms with Crippen molar-refractivity contribution >= 4 is 0 Å². The summed E-state index contributed by atoms with van der Waals surface area (Å²) in [5, 5.41) is 10.8. The van der Waals surface area contributed by atoms with E-state index in [1.165, 1.54) is 44.9 Å². The zero-order valence-electron chi connectivity index (χ0n) is 11.0. The van der Waals surface area contributed by atoms with E-state index < -0.39 is 0 Å². The Kier molecular flexibility index (Phi) is 3.94. The molecule has 0 radical (unpaired) electrons. The van der Waals surface area contributed by atoms with Gasteiger partial charge in [-0.15, -0.1) is 0 Å². The van der Waals surface area contributed by atoms with E-state index in [-0.39, 0.29) is 5.60 Å². The first-order valence-corrected chi connectivity index (χ1v) is 7.34. The fourth-order valence-electron chi connectivity index (χ4n) is 3.85. The largest absolute Gasteiger partial charge is 0.390 e. The van der Waals surface area contributed by atoms with E-state index in [0.717, 1.165) is 24.7 Å². The second-order valence-electron chi connectivity index (χ2n) is 6.52. The van der Waals surface area contributed by atoms with Crippen LogP contribution in [0.15, 0.2) is 0 Å². The van der Waals surface area contributed by atoms with Crippen molar-refractivity contribution in [3.63, 3.8) is 0 Å². The maximum absolute atomic E-state index is 10.8. The Balaban J connectivity index is 1.89. The van der Waals surface area contributed by atoms with Gasteiger partial charge >= 0.3 is 0 Å². The van der Waals surface area contributed by atoms with Crippen LogP contribution in [0.5, 0.6) is 0 Å². The Labute approximate surface area is 101 Å². The normalized spacial score (nSPS) is 37.9. The highest BCUT2D eigenvalue weighted by Crippen LogP contribution is 2.44. The Morgan fingerprint density at radius 3 is 2.00 bits per heavy atom. The fourth-order valence-corrected chi connectivity index (χ4v) is 3.85. The van der Waals surface area contributed by atoms with Gasteiger partial charge < -0.3 is 5.11 Å². The third-order valence-corrected chi connectivity index (χ3v) is 5.20. The Morgan fingerprint density at radius 2 is 1.50 bits per heavy atom. The summed E-state index contributed by atoms with van der Waals surface area (Å²) >= 11 is 0. The van der Waals surface area contributed by atoms with Crippen LogP contribution >= 0.6 is 0 Å². The van der Waals surface area contributed by atoms with Gasteiger partial charge in [0.05, 0.1) is 5.60 Å². The Hall–Kier alpha value is -0.0400. The van der Waals surface area contributed by atoms with Crippen LogP contribution in [-0.2, 0) is 0 Å². The molecule has 0 bridgehead atoms. The molecule has 94 valence electrons. The van der Waals surface area contributed by atoms with Gasteiger partial charge in [-0.25, -0.2) is 0 Å². The molecule has 0 aliphatic heterocycles. The van der Waals surface area contributed by atoms with Crippen LogP contribution in [-0.4, -0.2) is 10.7 Å². The van der Waals surface area contributed by atoms with E-state index in [1.54, 1.807) is 0 Å². The molecule has 1 heteroatoms. The number of aliphatic hydroxyl groups is 1. The highest BCUT2D eigenvalue weighted by molar-refractivity contribution is 4.92. The summed E-state index contributed by atoms with van der Waals surface area (Å²) in [5.74, 6) is 2.29. The molecule has 1 N–H and O–H groups in total. The van der Waals surface area contributed by atoms with E-state index in [0.29, 0.717) is 5.92 Å². The summed E-state index contributed by atoms with van der Waals surface area (Å²) in [6.45, 7) is 4.66. The van der Waals surface area contributed by atoms with Crippen LogP contribution in [0, 0.1) is 17.8 Å². The van der Waals surface area contributed by atoms with Gasteiger partial charge in [-0.1, -0.05) is 33.1 Å². The zero-order valence-corrected chi connectivity index (χ0v) is 11.0. The van der Waals surface area contributed by atoms with E-state index in [4.69, 9.17) is 0 Å². The third kappa shape index (κ3) is 2.61. The summed E-state index contributed by atoms with van der Waals surface area (Å²) in [6, 6.07) is 0. The van der Waals surface area contributed by atoms with Gasteiger partial charge in [0, 0.05) is 0 Å². The minimum Gasteiger partial charge on any atom is -0.390 e. The summed E-state index contributed by atoms with van der Waals surface area (Å²) < 4.78 is 0. The fraction of sp³-hybridized carbons (Fsp3) is 1.00. The lowest BCUT2D eigenvalue weighted by molar-refractivity contribution is -0.0740. The second-order valence-corrected chi connectivity index (χ2v) is 6.52. The highest BCUT2D eigenvalue weighted by Gasteiger charge is 2.40. The highest BCUT2D eigenvalue weighted by atomic mass is 16.3. The van der Waals surface area contributed by atoms with E-state index >= 15 is 0 Å². The molecule has 16 heavy (non-hydrogen) atoms. The maximum atomic E-state index is 10.8. The monoisotopic (exact) mass is 224 g/mol. The van der Waals surface area contributed by atoms with Gasteiger partial charge in [-0.05, 0) is 56.3 Å². The molecule has 0 aromatic heterocycles. The van der Waals surface area contributed by atoms with Crippen molar-refractivity contribution in [3.8, 4) is 0 Å². The molecule has 0 aromatic rings. The van der Waals surface area contributed by atoms with Gasteiger partial charge in [0.2, 0.25) is 0 Å². The van der Waals surface area contributed by atoms with Crippen molar-refractivity contribution in [2.45, 2.75) is 77.2 Å². The minimum atomic E-state index is -0.286. The average Bonchev–Trinajstić information content (AvgIpc) is 2.31. The molecular formula is C15H28O. The molecule has 0 heterocycles. The van der Waals surface area contributed by atoms with Crippen molar-refractivity contribution in [1.29, 1.82) is 0 Å². The molecule has 0 spiro atoms. The van der Waals surface area contributed by atoms with Crippen molar-refractivity contribution in [1.82, 2.24) is 0 Å². The summed E-state index contributed by atoms with van der Waals surface area (Å²) in [6.07, 6.45) is 11.3. The first-order valence-electron chi connectivity index (χ1n) is 7.34. The lowest BCUT2D eigenvalue weighted by atomic mass is 9.66. The van der Waals surface area contributed by atoms with E-state index in [2.05, 4.69) is 13.8 Å². The lowest BCUT2D eigenvalue weighted by Gasteiger charge is -2.44. The van der Waals surface area contributed by atoms with Crippen LogP contribution in [0.2, 0.25) is 0 Å². The molecule has 2 rings (SSSR count). The standard InChI is InChI=1S/C15H28O/c1-12(2)13-8-10-15(16,11-9-13)14-6-4-3-5-7-14/h12-14,16H,3-11H2,1-2H3. The SMILES string of the molecule is CC(C)C1CCC(O)(C2CCCCC2)CC1. The van der Waals surface area contributed by atoms with Crippen molar-refractivity contribution < 1.29 is 5.11 Å². The first-order chi connectivity index (χ1) is 7.62. The smallest absolute Gasteiger partial charge is 0.0676 e. The minimum absolute atomic E-state index is 0.286. The molecular weight excluding hydrogens is 196 g/mol. The summed E-state index contributed by atoms with van der Waals surface area (Å²) in [7, 11) is 0. The first kappa shape index (κ1) is 12.4. The molecule has 0 aromatic carbocycles. The molecule has 0 atom stereocenters. The average molecular weight is 224 g/mol. The second kappa shape index (κ2) is 5.08. The Morgan fingerprint density at radius 1 is 0.938 bits per heavy atom. The van der Waals surface area contributed by atoms with E-state index in [9.17, 15) is 5.11 Å². The van der Waals surface area contributed by atoms with Crippen LogP contribution in [0.25, 0.3) is 0 Å². The van der Waals surface area contributed by atoms with E-state index in [1.807, 2.05) is 0 Å². The maximum Gasteiger partial charge on any atom is 0.0676 e. The van der Waals surface area contributed by atoms with Crippen LogP contribution < -0.4 is 0 Å². The van der Waals surface area contributed by atoms with Crippen molar-refractivity contribution in [2.24, 2.45) is 17.8 Å². The van der Waals surface area contributed by atoms with Crippen LogP contribution in [0.4, 0.5) is 0 Å². The van der Waals surface area contributed by atoms with Crippen LogP contribution in [0.3, 0.4) is 0 Å². The Bertz CT molecular complexity index is 207. The van der Waals surface area contributed by atoms with Crippen molar-refractivity contribution in [2.75, 3.05) is 0 Å². The topological polar surface area (TPSA) is 20.2 Å². The molecule has 1 nitrogen and oxygen atoms in total. The van der Waals surface area contributed by atoms with Crippen LogP contribution in [0.1, 0.15) is 71.6 Å². The van der Waals surface area contributed by atoms with Gasteiger partial charge in [0.25, 0.3) is 0 Å². The molecule has 2 fully saturated rings. The number of hydrogen-bond acceptors (Lipinski definition) is 1. The predicted molar refractivity (Wildman–Crippen MR) is 68.3 cm³/mol. The zero-order chi connectivity index (χ0) is 11.6. The van der Waals surface area contributed by atoms with Gasteiger partial charge in [0.15, 0.2) is 0 Å². The lowest BCUT2D eigenvalue weighted by Crippen LogP contribution is -2.43. The quantitative estimate of drug-likeness (QED) is 0.747. The molecule has 2 aliphatic carbocycles. The van der Waals surface area contributed by atoms with Crippen molar-refractivity contribution in [3.05, 3.63) is 0 Å². The molecule has 2 saturated carbocycles. The van der Waals surface area contributed by atoms with Gasteiger partial charge in [-0.3, -0.25) is 0 Å². The molecule has 2 aliphatic rings. The summed E-state index contributed by atoms with van der Waals surface area (Å²) in [5.41, 5.74) is -0.286. The molecule has 0 saturated heterocycles. The van der Waals surface area contributed by atoms with Gasteiger partial charge in [-0.2, -0.15) is 0 Å².